The highest BCUT2D eigenvalue weighted by Gasteiger charge is 2.20. The molecule has 1 aliphatic rings. The maximum atomic E-state index is 5.20. The van der Waals surface area contributed by atoms with Gasteiger partial charge in [0, 0.05) is 5.92 Å². The molecule has 1 aliphatic heterocycles. The van der Waals surface area contributed by atoms with Gasteiger partial charge >= 0.3 is 0 Å². The Hall–Kier alpha value is -0.860. The number of hydrogen-bond acceptors (Lipinski definition) is 2. The van der Waals surface area contributed by atoms with Gasteiger partial charge in [-0.05, 0) is 31.1 Å². The molecule has 0 aromatic heterocycles. The van der Waals surface area contributed by atoms with Crippen LogP contribution >= 0.6 is 0 Å². The lowest BCUT2D eigenvalue weighted by molar-refractivity contribution is 0.00840. The first kappa shape index (κ1) is 9.69. The second kappa shape index (κ2) is 4.58. The predicted molar refractivity (Wildman–Crippen MR) is 57.6 cm³/mol. The van der Waals surface area contributed by atoms with E-state index in [1.54, 1.807) is 0 Å². The van der Waals surface area contributed by atoms with Crippen molar-refractivity contribution in [3.8, 4) is 0 Å². The van der Waals surface area contributed by atoms with Crippen molar-refractivity contribution in [2.45, 2.75) is 12.3 Å². The van der Waals surface area contributed by atoms with E-state index in [-0.39, 0.29) is 0 Å². The van der Waals surface area contributed by atoms with Crippen molar-refractivity contribution in [3.05, 3.63) is 35.4 Å². The van der Waals surface area contributed by atoms with Crippen LogP contribution in [0.3, 0.4) is 0 Å². The molecule has 2 rings (SSSR count). The van der Waals surface area contributed by atoms with Gasteiger partial charge in [0.25, 0.3) is 0 Å². The fourth-order valence-electron chi connectivity index (χ4n) is 1.70. The molecule has 1 saturated heterocycles. The van der Waals surface area contributed by atoms with Crippen molar-refractivity contribution in [1.82, 2.24) is 5.32 Å². The molecule has 76 valence electrons. The molecule has 0 radical (unpaired) electrons. The summed E-state index contributed by atoms with van der Waals surface area (Å²) >= 11 is 0. The monoisotopic (exact) mass is 191 g/mol. The minimum absolute atomic E-state index is 0.643. The number of nitrogens with one attached hydrogen (secondary N) is 1. The number of likely N-dealkylation sites (N-methyl/N-ethyl adjacent to an activating group) is 1. The number of benzene rings is 1. The first-order valence-corrected chi connectivity index (χ1v) is 5.21. The van der Waals surface area contributed by atoms with E-state index < -0.39 is 0 Å². The van der Waals surface area contributed by atoms with Crippen LogP contribution in [0, 0.1) is 0 Å². The zero-order valence-electron chi connectivity index (χ0n) is 8.62. The highest BCUT2D eigenvalue weighted by atomic mass is 16.5. The Kier molecular flexibility index (Phi) is 3.17. The summed E-state index contributed by atoms with van der Waals surface area (Å²) in [6, 6.07) is 8.86. The molecule has 0 atom stereocenters. The fraction of sp³-hybridized carbons (Fsp3) is 0.500. The Morgan fingerprint density at radius 3 is 2.93 bits per heavy atom. The summed E-state index contributed by atoms with van der Waals surface area (Å²) in [4.78, 5) is 0. The smallest absolute Gasteiger partial charge is 0.0557 e. The number of rotatable bonds is 4. The molecule has 1 fully saturated rings. The van der Waals surface area contributed by atoms with Crippen molar-refractivity contribution in [2.75, 3.05) is 26.8 Å². The van der Waals surface area contributed by atoms with Crippen LogP contribution in [0.4, 0.5) is 0 Å². The standard InChI is InChI=1S/C12H17NO/c1-13-6-5-10-3-2-4-11(7-10)12-8-14-9-12/h2-4,7,12-13H,5-6,8-9H2,1H3. The zero-order valence-corrected chi connectivity index (χ0v) is 8.62. The summed E-state index contributed by atoms with van der Waals surface area (Å²) in [6.45, 7) is 2.84. The van der Waals surface area contributed by atoms with Crippen LogP contribution in [0.15, 0.2) is 24.3 Å². The van der Waals surface area contributed by atoms with Crippen LogP contribution in [0.5, 0.6) is 0 Å². The van der Waals surface area contributed by atoms with E-state index in [1.807, 2.05) is 7.05 Å². The second-order valence-electron chi connectivity index (χ2n) is 3.83. The van der Waals surface area contributed by atoms with Crippen LogP contribution in [-0.4, -0.2) is 26.8 Å². The molecule has 1 N–H and O–H groups in total. The third-order valence-corrected chi connectivity index (χ3v) is 2.72. The van der Waals surface area contributed by atoms with E-state index in [4.69, 9.17) is 4.74 Å². The van der Waals surface area contributed by atoms with E-state index in [0.29, 0.717) is 5.92 Å². The Balaban J connectivity index is 2.02. The Morgan fingerprint density at radius 2 is 2.29 bits per heavy atom. The molecular weight excluding hydrogens is 174 g/mol. The van der Waals surface area contributed by atoms with Crippen LogP contribution in [0.2, 0.25) is 0 Å². The summed E-state index contributed by atoms with van der Waals surface area (Å²) in [7, 11) is 1.99. The SMILES string of the molecule is CNCCc1cccc(C2COC2)c1. The summed E-state index contributed by atoms with van der Waals surface area (Å²) in [6.07, 6.45) is 1.11. The van der Waals surface area contributed by atoms with Gasteiger partial charge < -0.3 is 10.1 Å². The van der Waals surface area contributed by atoms with E-state index in [2.05, 4.69) is 29.6 Å². The minimum Gasteiger partial charge on any atom is -0.380 e. The van der Waals surface area contributed by atoms with Crippen molar-refractivity contribution in [2.24, 2.45) is 0 Å². The number of hydrogen-bond donors (Lipinski definition) is 1. The van der Waals surface area contributed by atoms with Gasteiger partial charge in [-0.2, -0.15) is 0 Å². The van der Waals surface area contributed by atoms with Gasteiger partial charge in [-0.3, -0.25) is 0 Å². The van der Waals surface area contributed by atoms with E-state index in [1.165, 1.54) is 11.1 Å². The van der Waals surface area contributed by atoms with Crippen LogP contribution < -0.4 is 5.32 Å². The first-order valence-electron chi connectivity index (χ1n) is 5.21. The predicted octanol–water partition coefficient (Wildman–Crippen LogP) is 1.56. The molecular formula is C12H17NO. The average molecular weight is 191 g/mol. The van der Waals surface area contributed by atoms with Crippen molar-refractivity contribution < 1.29 is 4.74 Å². The van der Waals surface area contributed by atoms with E-state index >= 15 is 0 Å². The molecule has 1 heterocycles. The van der Waals surface area contributed by atoms with Crippen molar-refractivity contribution in [3.63, 3.8) is 0 Å². The molecule has 2 nitrogen and oxygen atoms in total. The van der Waals surface area contributed by atoms with Gasteiger partial charge in [-0.15, -0.1) is 0 Å². The van der Waals surface area contributed by atoms with Crippen LogP contribution in [0.1, 0.15) is 17.0 Å². The summed E-state index contributed by atoms with van der Waals surface area (Å²) in [5.41, 5.74) is 2.86. The lowest BCUT2D eigenvalue weighted by Gasteiger charge is -2.26. The molecule has 14 heavy (non-hydrogen) atoms. The minimum atomic E-state index is 0.643. The molecule has 1 aromatic carbocycles. The molecule has 2 heteroatoms. The normalized spacial score (nSPS) is 16.6. The second-order valence-corrected chi connectivity index (χ2v) is 3.83. The van der Waals surface area contributed by atoms with Crippen LogP contribution in [0.25, 0.3) is 0 Å². The van der Waals surface area contributed by atoms with E-state index in [9.17, 15) is 0 Å². The van der Waals surface area contributed by atoms with Gasteiger partial charge in [0.1, 0.15) is 0 Å². The van der Waals surface area contributed by atoms with Gasteiger partial charge in [-0.25, -0.2) is 0 Å². The maximum Gasteiger partial charge on any atom is 0.0557 e. The quantitative estimate of drug-likeness (QED) is 0.780. The highest BCUT2D eigenvalue weighted by Crippen LogP contribution is 2.24. The summed E-state index contributed by atoms with van der Waals surface area (Å²) in [5, 5.41) is 3.17. The topological polar surface area (TPSA) is 21.3 Å². The van der Waals surface area contributed by atoms with Gasteiger partial charge in [0.2, 0.25) is 0 Å². The van der Waals surface area contributed by atoms with Crippen molar-refractivity contribution >= 4 is 0 Å². The molecule has 1 aromatic rings. The summed E-state index contributed by atoms with van der Waals surface area (Å²) < 4.78 is 5.20. The fourth-order valence-corrected chi connectivity index (χ4v) is 1.70. The summed E-state index contributed by atoms with van der Waals surface area (Å²) in [5.74, 6) is 0.643. The Bertz CT molecular complexity index is 294. The van der Waals surface area contributed by atoms with Gasteiger partial charge in [-0.1, -0.05) is 24.3 Å². The molecule has 0 saturated carbocycles. The maximum absolute atomic E-state index is 5.20. The van der Waals surface area contributed by atoms with Gasteiger partial charge in [0.05, 0.1) is 13.2 Å². The molecule has 0 bridgehead atoms. The third kappa shape index (κ3) is 2.14. The van der Waals surface area contributed by atoms with E-state index in [0.717, 1.165) is 26.2 Å². The Morgan fingerprint density at radius 1 is 1.43 bits per heavy atom. The molecule has 0 spiro atoms. The first-order chi connectivity index (χ1) is 6.90. The van der Waals surface area contributed by atoms with Gasteiger partial charge in [0.15, 0.2) is 0 Å². The zero-order chi connectivity index (χ0) is 9.80. The lowest BCUT2D eigenvalue weighted by atomic mass is 9.95. The largest absolute Gasteiger partial charge is 0.380 e. The highest BCUT2D eigenvalue weighted by molar-refractivity contribution is 5.27. The average Bonchev–Trinajstić information content (AvgIpc) is 2.13. The lowest BCUT2D eigenvalue weighted by Crippen LogP contribution is -2.25. The van der Waals surface area contributed by atoms with Crippen molar-refractivity contribution in [1.29, 1.82) is 0 Å². The Labute approximate surface area is 85.3 Å². The number of ether oxygens (including phenoxy) is 1. The third-order valence-electron chi connectivity index (χ3n) is 2.72. The molecule has 0 amide bonds. The molecule has 0 unspecified atom stereocenters. The molecule has 0 aliphatic carbocycles. The van der Waals surface area contributed by atoms with Crippen LogP contribution in [-0.2, 0) is 11.2 Å².